The van der Waals surface area contributed by atoms with E-state index in [4.69, 9.17) is 0 Å². The number of nitrogens with one attached hydrogen (secondary N) is 1. The molecule has 0 heterocycles. The SMILES string of the molecule is C=CCNP(=O)(CC=C)c1ccccc1. The Kier molecular flexibility index (Phi) is 4.54. The van der Waals surface area contributed by atoms with Gasteiger partial charge in [0.25, 0.3) is 0 Å². The molecule has 0 aliphatic rings. The van der Waals surface area contributed by atoms with Crippen LogP contribution in [0.4, 0.5) is 0 Å². The van der Waals surface area contributed by atoms with Gasteiger partial charge >= 0.3 is 0 Å². The average molecular weight is 221 g/mol. The largest absolute Gasteiger partial charge is 0.301 e. The molecule has 0 radical (unpaired) electrons. The predicted molar refractivity (Wildman–Crippen MR) is 66.9 cm³/mol. The van der Waals surface area contributed by atoms with Crippen molar-refractivity contribution < 1.29 is 4.57 Å². The summed E-state index contributed by atoms with van der Waals surface area (Å²) in [5.74, 6) is 0. The summed E-state index contributed by atoms with van der Waals surface area (Å²) in [4.78, 5) is 0. The number of hydrogen-bond acceptors (Lipinski definition) is 1. The summed E-state index contributed by atoms with van der Waals surface area (Å²) in [6.45, 7) is 7.79. The van der Waals surface area contributed by atoms with E-state index >= 15 is 0 Å². The van der Waals surface area contributed by atoms with E-state index in [1.807, 2.05) is 30.3 Å². The average Bonchev–Trinajstić information content (AvgIpc) is 2.28. The highest BCUT2D eigenvalue weighted by atomic mass is 31.2. The Balaban J connectivity index is 2.95. The van der Waals surface area contributed by atoms with Gasteiger partial charge in [-0.1, -0.05) is 42.5 Å². The minimum Gasteiger partial charge on any atom is -0.301 e. The summed E-state index contributed by atoms with van der Waals surface area (Å²) in [6, 6.07) is 9.44. The monoisotopic (exact) mass is 221 g/mol. The highest BCUT2D eigenvalue weighted by molar-refractivity contribution is 7.69. The van der Waals surface area contributed by atoms with E-state index in [0.29, 0.717) is 12.7 Å². The van der Waals surface area contributed by atoms with E-state index in [-0.39, 0.29) is 0 Å². The first-order valence-corrected chi connectivity index (χ1v) is 6.74. The number of allylic oxidation sites excluding steroid dienone is 1. The lowest BCUT2D eigenvalue weighted by Crippen LogP contribution is -2.21. The fourth-order valence-electron chi connectivity index (χ4n) is 1.32. The summed E-state index contributed by atoms with van der Waals surface area (Å²) >= 11 is 0. The molecular weight excluding hydrogens is 205 g/mol. The Bertz CT molecular complexity index is 372. The zero-order valence-electron chi connectivity index (χ0n) is 8.73. The van der Waals surface area contributed by atoms with Gasteiger partial charge in [0.05, 0.1) is 0 Å². The van der Waals surface area contributed by atoms with E-state index < -0.39 is 7.29 Å². The molecular formula is C12H16NOP. The summed E-state index contributed by atoms with van der Waals surface area (Å²) in [5.41, 5.74) is 0. The minimum absolute atomic E-state index is 0.463. The number of hydrogen-bond donors (Lipinski definition) is 1. The third-order valence-electron chi connectivity index (χ3n) is 2.05. The number of rotatable bonds is 6. The van der Waals surface area contributed by atoms with Gasteiger partial charge in [-0.15, -0.1) is 13.2 Å². The van der Waals surface area contributed by atoms with Crippen molar-refractivity contribution >= 4 is 12.6 Å². The van der Waals surface area contributed by atoms with Crippen LogP contribution in [-0.4, -0.2) is 12.7 Å². The zero-order valence-corrected chi connectivity index (χ0v) is 9.62. The number of benzene rings is 1. The minimum atomic E-state index is -2.53. The fourth-order valence-corrected chi connectivity index (χ4v) is 3.29. The van der Waals surface area contributed by atoms with Crippen LogP contribution in [-0.2, 0) is 4.57 Å². The second-order valence-electron chi connectivity index (χ2n) is 3.20. The highest BCUT2D eigenvalue weighted by Crippen LogP contribution is 2.39. The van der Waals surface area contributed by atoms with Gasteiger partial charge in [0.1, 0.15) is 0 Å². The van der Waals surface area contributed by atoms with Crippen molar-refractivity contribution in [3.05, 3.63) is 55.6 Å². The first kappa shape index (κ1) is 12.0. The molecule has 1 rings (SSSR count). The lowest BCUT2D eigenvalue weighted by molar-refractivity contribution is 0.576. The van der Waals surface area contributed by atoms with Crippen molar-refractivity contribution in [3.63, 3.8) is 0 Å². The zero-order chi connectivity index (χ0) is 11.1. The molecule has 0 saturated carbocycles. The van der Waals surface area contributed by atoms with Crippen LogP contribution >= 0.6 is 7.29 Å². The third-order valence-corrected chi connectivity index (χ3v) is 4.65. The second kappa shape index (κ2) is 5.69. The molecule has 1 atom stereocenters. The van der Waals surface area contributed by atoms with Crippen LogP contribution < -0.4 is 10.4 Å². The van der Waals surface area contributed by atoms with Gasteiger partial charge in [0.2, 0.25) is 0 Å². The first-order valence-electron chi connectivity index (χ1n) is 4.84. The van der Waals surface area contributed by atoms with Crippen molar-refractivity contribution in [3.8, 4) is 0 Å². The van der Waals surface area contributed by atoms with E-state index in [1.54, 1.807) is 12.2 Å². The Morgan fingerprint density at radius 1 is 1.20 bits per heavy atom. The van der Waals surface area contributed by atoms with Crippen LogP contribution in [0, 0.1) is 0 Å². The van der Waals surface area contributed by atoms with Crippen molar-refractivity contribution in [1.82, 2.24) is 5.09 Å². The van der Waals surface area contributed by atoms with Crippen LogP contribution in [0.3, 0.4) is 0 Å². The smallest absolute Gasteiger partial charge is 0.180 e. The Morgan fingerprint density at radius 2 is 1.87 bits per heavy atom. The van der Waals surface area contributed by atoms with Gasteiger partial charge in [0.15, 0.2) is 7.29 Å². The molecule has 3 heteroatoms. The summed E-state index contributed by atoms with van der Waals surface area (Å²) in [7, 11) is -2.53. The Labute approximate surface area is 91.1 Å². The van der Waals surface area contributed by atoms with Gasteiger partial charge < -0.3 is 4.57 Å². The normalized spacial score (nSPS) is 14.1. The van der Waals surface area contributed by atoms with Gasteiger partial charge in [-0.05, 0) is 0 Å². The molecule has 0 spiro atoms. The van der Waals surface area contributed by atoms with Crippen molar-refractivity contribution in [2.24, 2.45) is 0 Å². The molecule has 0 aliphatic heterocycles. The lowest BCUT2D eigenvalue weighted by Gasteiger charge is -2.17. The molecule has 15 heavy (non-hydrogen) atoms. The van der Waals surface area contributed by atoms with Crippen LogP contribution in [0.1, 0.15) is 0 Å². The highest BCUT2D eigenvalue weighted by Gasteiger charge is 2.21. The molecule has 1 unspecified atom stereocenters. The Morgan fingerprint density at radius 3 is 2.40 bits per heavy atom. The van der Waals surface area contributed by atoms with Gasteiger partial charge in [0, 0.05) is 18.0 Å². The summed E-state index contributed by atoms with van der Waals surface area (Å²) in [6.07, 6.45) is 3.85. The maximum absolute atomic E-state index is 12.5. The molecule has 1 aromatic carbocycles. The lowest BCUT2D eigenvalue weighted by atomic mass is 10.4. The molecule has 2 nitrogen and oxygen atoms in total. The molecule has 0 amide bonds. The van der Waals surface area contributed by atoms with Gasteiger partial charge in [-0.2, -0.15) is 0 Å². The second-order valence-corrected chi connectivity index (χ2v) is 5.87. The topological polar surface area (TPSA) is 29.1 Å². The van der Waals surface area contributed by atoms with Crippen molar-refractivity contribution in [1.29, 1.82) is 0 Å². The molecule has 0 bridgehead atoms. The van der Waals surface area contributed by atoms with Crippen LogP contribution in [0.2, 0.25) is 0 Å². The van der Waals surface area contributed by atoms with Gasteiger partial charge in [-0.3, -0.25) is 5.09 Å². The molecule has 0 fully saturated rings. The van der Waals surface area contributed by atoms with Crippen molar-refractivity contribution in [2.75, 3.05) is 12.7 Å². The van der Waals surface area contributed by atoms with E-state index in [2.05, 4.69) is 18.2 Å². The maximum atomic E-state index is 12.5. The van der Waals surface area contributed by atoms with Gasteiger partial charge in [-0.25, -0.2) is 0 Å². The molecule has 1 N–H and O–H groups in total. The van der Waals surface area contributed by atoms with Crippen LogP contribution in [0.5, 0.6) is 0 Å². The third kappa shape index (κ3) is 3.19. The summed E-state index contributed by atoms with van der Waals surface area (Å²) in [5, 5.41) is 3.87. The summed E-state index contributed by atoms with van der Waals surface area (Å²) < 4.78 is 12.5. The first-order chi connectivity index (χ1) is 7.23. The van der Waals surface area contributed by atoms with Crippen molar-refractivity contribution in [2.45, 2.75) is 0 Å². The van der Waals surface area contributed by atoms with E-state index in [1.165, 1.54) is 0 Å². The van der Waals surface area contributed by atoms with E-state index in [9.17, 15) is 4.57 Å². The van der Waals surface area contributed by atoms with Crippen LogP contribution in [0.25, 0.3) is 0 Å². The van der Waals surface area contributed by atoms with Crippen LogP contribution in [0.15, 0.2) is 55.6 Å². The predicted octanol–water partition coefficient (Wildman–Crippen LogP) is 2.55. The fraction of sp³-hybridized carbons (Fsp3) is 0.167. The standard InChI is InChI=1S/C12H16NOP/c1-3-10-13-15(14,11-4-2)12-8-6-5-7-9-12/h3-9H,1-2,10-11H2,(H,13,14). The quantitative estimate of drug-likeness (QED) is 0.590. The molecule has 0 saturated heterocycles. The molecule has 0 aromatic heterocycles. The maximum Gasteiger partial charge on any atom is 0.180 e. The Hall–Kier alpha value is -1.11. The van der Waals surface area contributed by atoms with E-state index in [0.717, 1.165) is 5.30 Å². The molecule has 1 aromatic rings. The molecule has 80 valence electrons. The molecule has 0 aliphatic carbocycles.